The van der Waals surface area contributed by atoms with Crippen LogP contribution in [-0.2, 0) is 14.3 Å². The fraction of sp³-hybridized carbons (Fsp3) is 0.826. The monoisotopic (exact) mass is 392 g/mol. The molecule has 28 heavy (non-hydrogen) atoms. The third-order valence-corrected chi connectivity index (χ3v) is 6.63. The van der Waals surface area contributed by atoms with E-state index in [0.29, 0.717) is 43.2 Å². The van der Waals surface area contributed by atoms with Crippen LogP contribution < -0.4 is 10.6 Å². The van der Waals surface area contributed by atoms with Gasteiger partial charge in [-0.2, -0.15) is 0 Å². The fourth-order valence-corrected chi connectivity index (χ4v) is 4.82. The van der Waals surface area contributed by atoms with E-state index in [1.807, 2.05) is 0 Å². The second kappa shape index (κ2) is 11.6. The summed E-state index contributed by atoms with van der Waals surface area (Å²) in [5.74, 6) is 2.23. The van der Waals surface area contributed by atoms with Gasteiger partial charge < -0.3 is 15.4 Å². The van der Waals surface area contributed by atoms with Crippen LogP contribution in [-0.4, -0.2) is 38.6 Å². The molecule has 3 atom stereocenters. The highest BCUT2D eigenvalue weighted by atomic mass is 16.5. The lowest BCUT2D eigenvalue weighted by Gasteiger charge is -2.37. The first-order valence-corrected chi connectivity index (χ1v) is 11.1. The second-order valence-corrected chi connectivity index (χ2v) is 9.04. The van der Waals surface area contributed by atoms with E-state index < -0.39 is 0 Å². The van der Waals surface area contributed by atoms with Gasteiger partial charge in [0.2, 0.25) is 11.8 Å². The first-order chi connectivity index (χ1) is 13.4. The van der Waals surface area contributed by atoms with E-state index in [2.05, 4.69) is 37.5 Å². The molecule has 5 nitrogen and oxygen atoms in total. The Bertz CT molecular complexity index is 538. The standard InChI is InChI=1S/C23H40N2O3/c1-16(2)21-13-19(14-22(26)24-10-11-28-4)17(3)12-20(21)15-25-23(27)18-8-6-5-7-9-18/h12,16,18-21H,5-11,13-15H2,1-4H3,(H,24,26)(H,25,27)/t19-,20-,21-/m0/s1. The van der Waals surface area contributed by atoms with Crippen LogP contribution in [0, 0.1) is 29.6 Å². The van der Waals surface area contributed by atoms with Gasteiger partial charge in [-0.1, -0.05) is 44.8 Å². The van der Waals surface area contributed by atoms with Crippen LogP contribution >= 0.6 is 0 Å². The number of ether oxygens (including phenoxy) is 1. The van der Waals surface area contributed by atoms with Gasteiger partial charge in [0.15, 0.2) is 0 Å². The van der Waals surface area contributed by atoms with Crippen molar-refractivity contribution in [3.05, 3.63) is 11.6 Å². The van der Waals surface area contributed by atoms with Crippen LogP contribution in [0.25, 0.3) is 0 Å². The number of hydrogen-bond acceptors (Lipinski definition) is 3. The number of hydrogen-bond donors (Lipinski definition) is 2. The predicted octanol–water partition coefficient (Wildman–Crippen LogP) is 3.69. The number of amides is 2. The van der Waals surface area contributed by atoms with Crippen molar-refractivity contribution in [1.82, 2.24) is 10.6 Å². The minimum atomic E-state index is 0.0985. The van der Waals surface area contributed by atoms with E-state index in [4.69, 9.17) is 4.74 Å². The molecule has 2 N–H and O–H groups in total. The second-order valence-electron chi connectivity index (χ2n) is 9.04. The molecule has 0 aromatic rings. The van der Waals surface area contributed by atoms with Crippen molar-refractivity contribution in [1.29, 1.82) is 0 Å². The molecule has 2 rings (SSSR count). The number of carbonyl (C=O) groups is 2. The van der Waals surface area contributed by atoms with Gasteiger partial charge in [0.1, 0.15) is 0 Å². The summed E-state index contributed by atoms with van der Waals surface area (Å²) >= 11 is 0. The Balaban J connectivity index is 1.91. The lowest BCUT2D eigenvalue weighted by atomic mass is 9.69. The summed E-state index contributed by atoms with van der Waals surface area (Å²) in [4.78, 5) is 24.8. The van der Waals surface area contributed by atoms with E-state index in [-0.39, 0.29) is 17.7 Å². The quantitative estimate of drug-likeness (QED) is 0.464. The number of methoxy groups -OCH3 is 1. The van der Waals surface area contributed by atoms with Gasteiger partial charge in [-0.05, 0) is 49.9 Å². The molecule has 2 aliphatic carbocycles. The smallest absolute Gasteiger partial charge is 0.223 e. The highest BCUT2D eigenvalue weighted by molar-refractivity contribution is 5.78. The molecule has 1 saturated carbocycles. The largest absolute Gasteiger partial charge is 0.383 e. The molecule has 0 aromatic carbocycles. The zero-order valence-corrected chi connectivity index (χ0v) is 18.3. The lowest BCUT2D eigenvalue weighted by molar-refractivity contribution is -0.126. The van der Waals surface area contributed by atoms with Crippen molar-refractivity contribution in [2.24, 2.45) is 29.6 Å². The Morgan fingerprint density at radius 3 is 2.54 bits per heavy atom. The molecule has 160 valence electrons. The lowest BCUT2D eigenvalue weighted by Crippen LogP contribution is -2.40. The molecule has 0 aromatic heterocycles. The normalized spacial score (nSPS) is 26.0. The summed E-state index contributed by atoms with van der Waals surface area (Å²) in [7, 11) is 1.64. The maximum absolute atomic E-state index is 12.5. The van der Waals surface area contributed by atoms with Gasteiger partial charge in [-0.15, -0.1) is 0 Å². The fourth-order valence-electron chi connectivity index (χ4n) is 4.82. The third-order valence-electron chi connectivity index (χ3n) is 6.63. The zero-order chi connectivity index (χ0) is 20.5. The molecule has 0 radical (unpaired) electrons. The molecular weight excluding hydrogens is 352 g/mol. The van der Waals surface area contributed by atoms with Crippen LogP contribution in [0.3, 0.4) is 0 Å². The van der Waals surface area contributed by atoms with E-state index in [1.165, 1.54) is 24.8 Å². The molecule has 5 heteroatoms. The Morgan fingerprint density at radius 2 is 1.89 bits per heavy atom. The van der Waals surface area contributed by atoms with E-state index in [0.717, 1.165) is 25.8 Å². The van der Waals surface area contributed by atoms with Crippen LogP contribution in [0.4, 0.5) is 0 Å². The van der Waals surface area contributed by atoms with Crippen LogP contribution in [0.2, 0.25) is 0 Å². The van der Waals surface area contributed by atoms with Crippen molar-refractivity contribution in [2.75, 3.05) is 26.8 Å². The molecule has 2 aliphatic rings. The van der Waals surface area contributed by atoms with Crippen molar-refractivity contribution in [3.63, 3.8) is 0 Å². The van der Waals surface area contributed by atoms with Gasteiger partial charge in [0.25, 0.3) is 0 Å². The molecular formula is C23H40N2O3. The van der Waals surface area contributed by atoms with Gasteiger partial charge >= 0.3 is 0 Å². The molecule has 0 saturated heterocycles. The maximum Gasteiger partial charge on any atom is 0.223 e. The molecule has 0 aliphatic heterocycles. The van der Waals surface area contributed by atoms with E-state index >= 15 is 0 Å². The van der Waals surface area contributed by atoms with Gasteiger partial charge in [-0.3, -0.25) is 9.59 Å². The Labute approximate surface area is 171 Å². The highest BCUT2D eigenvalue weighted by Crippen LogP contribution is 2.38. The summed E-state index contributed by atoms with van der Waals surface area (Å²) in [5.41, 5.74) is 1.29. The van der Waals surface area contributed by atoms with Crippen molar-refractivity contribution in [2.45, 2.75) is 65.7 Å². The Hall–Kier alpha value is -1.36. The van der Waals surface area contributed by atoms with Crippen molar-refractivity contribution < 1.29 is 14.3 Å². The molecule has 0 heterocycles. The highest BCUT2D eigenvalue weighted by Gasteiger charge is 2.33. The van der Waals surface area contributed by atoms with Crippen LogP contribution in [0.1, 0.15) is 65.7 Å². The first-order valence-electron chi connectivity index (χ1n) is 11.1. The van der Waals surface area contributed by atoms with Gasteiger partial charge in [-0.25, -0.2) is 0 Å². The number of carbonyl (C=O) groups excluding carboxylic acids is 2. The molecule has 0 bridgehead atoms. The third kappa shape index (κ3) is 6.91. The zero-order valence-electron chi connectivity index (χ0n) is 18.3. The van der Waals surface area contributed by atoms with E-state index in [9.17, 15) is 9.59 Å². The Morgan fingerprint density at radius 1 is 1.18 bits per heavy atom. The van der Waals surface area contributed by atoms with Crippen molar-refractivity contribution in [3.8, 4) is 0 Å². The minimum Gasteiger partial charge on any atom is -0.383 e. The average Bonchev–Trinajstić information content (AvgIpc) is 2.68. The maximum atomic E-state index is 12.5. The summed E-state index contributed by atoms with van der Waals surface area (Å²) in [6.45, 7) is 8.48. The van der Waals surface area contributed by atoms with Crippen molar-refractivity contribution >= 4 is 11.8 Å². The minimum absolute atomic E-state index is 0.0985. The van der Waals surface area contributed by atoms with Crippen LogP contribution in [0.5, 0.6) is 0 Å². The molecule has 1 fully saturated rings. The number of rotatable bonds is 9. The summed E-state index contributed by atoms with van der Waals surface area (Å²) in [6.07, 6.45) is 9.59. The molecule has 0 unspecified atom stereocenters. The topological polar surface area (TPSA) is 67.4 Å². The average molecular weight is 393 g/mol. The number of nitrogens with one attached hydrogen (secondary N) is 2. The predicted molar refractivity (Wildman–Crippen MR) is 113 cm³/mol. The van der Waals surface area contributed by atoms with Gasteiger partial charge in [0, 0.05) is 32.5 Å². The summed E-state index contributed by atoms with van der Waals surface area (Å²) < 4.78 is 5.00. The van der Waals surface area contributed by atoms with E-state index in [1.54, 1.807) is 7.11 Å². The summed E-state index contributed by atoms with van der Waals surface area (Å²) in [5, 5.41) is 6.18. The number of allylic oxidation sites excluding steroid dienone is 1. The molecule has 0 spiro atoms. The Kier molecular flexibility index (Phi) is 9.49. The first kappa shape index (κ1) is 22.9. The van der Waals surface area contributed by atoms with Gasteiger partial charge in [0.05, 0.1) is 6.61 Å². The SMILES string of the molecule is COCCNC(=O)C[C@@H]1C[C@@H](C(C)C)[C@H](CNC(=O)C2CCCCC2)C=C1C. The summed E-state index contributed by atoms with van der Waals surface area (Å²) in [6, 6.07) is 0. The van der Waals surface area contributed by atoms with Crippen LogP contribution in [0.15, 0.2) is 11.6 Å². The molecule has 2 amide bonds.